The molecular weight excluding hydrogens is 302 g/mol. The van der Waals surface area contributed by atoms with E-state index in [1.807, 2.05) is 63.2 Å². The minimum atomic E-state index is -0.529. The quantitative estimate of drug-likeness (QED) is 0.798. The first-order valence-corrected chi connectivity index (χ1v) is 8.11. The van der Waals surface area contributed by atoms with E-state index >= 15 is 0 Å². The van der Waals surface area contributed by atoms with Crippen molar-refractivity contribution in [3.05, 3.63) is 65.7 Å². The summed E-state index contributed by atoms with van der Waals surface area (Å²) < 4.78 is 5.53. The maximum atomic E-state index is 12.5. The molecule has 0 aliphatic carbocycles. The molecule has 2 N–H and O–H groups in total. The first kappa shape index (κ1) is 18.0. The van der Waals surface area contributed by atoms with Crippen molar-refractivity contribution in [3.8, 4) is 5.75 Å². The number of carbonyl (C=O) groups excluding carboxylic acids is 1. The molecule has 0 aliphatic heterocycles. The van der Waals surface area contributed by atoms with Gasteiger partial charge in [0.25, 0.3) is 0 Å². The zero-order valence-corrected chi connectivity index (χ0v) is 14.5. The van der Waals surface area contributed by atoms with Gasteiger partial charge in [0.15, 0.2) is 0 Å². The van der Waals surface area contributed by atoms with Crippen molar-refractivity contribution < 1.29 is 14.6 Å². The van der Waals surface area contributed by atoms with Gasteiger partial charge in [0.05, 0.1) is 0 Å². The number of benzene rings is 2. The third kappa shape index (κ3) is 6.05. The number of hydrogen-bond donors (Lipinski definition) is 2. The van der Waals surface area contributed by atoms with Gasteiger partial charge in [-0.15, -0.1) is 0 Å². The summed E-state index contributed by atoms with van der Waals surface area (Å²) in [6.07, 6.45) is 0.502. The fraction of sp³-hybridized carbons (Fsp3) is 0.350. The Morgan fingerprint density at radius 1 is 1.04 bits per heavy atom. The van der Waals surface area contributed by atoms with Crippen LogP contribution < -0.4 is 5.32 Å². The van der Waals surface area contributed by atoms with Crippen LogP contribution in [0, 0.1) is 0 Å². The lowest BCUT2D eigenvalue weighted by atomic mass is 10.0. The number of phenolic OH excluding ortho intramolecular Hbond substituents is 1. The molecule has 4 heteroatoms. The summed E-state index contributed by atoms with van der Waals surface area (Å²) in [6.45, 7) is 6.17. The summed E-state index contributed by atoms with van der Waals surface area (Å²) in [4.78, 5) is 12.5. The van der Waals surface area contributed by atoms with Gasteiger partial charge in [0.2, 0.25) is 0 Å². The lowest BCUT2D eigenvalue weighted by Crippen LogP contribution is -2.42. The van der Waals surface area contributed by atoms with Crippen LogP contribution in [0.5, 0.6) is 5.75 Å². The molecule has 0 radical (unpaired) electrons. The average Bonchev–Trinajstić information content (AvgIpc) is 2.52. The number of phenols is 1. The van der Waals surface area contributed by atoms with Gasteiger partial charge < -0.3 is 15.2 Å². The van der Waals surface area contributed by atoms with Crippen LogP contribution in [-0.2, 0) is 22.5 Å². The van der Waals surface area contributed by atoms with Gasteiger partial charge in [-0.2, -0.15) is 0 Å². The average molecular weight is 327 g/mol. The second kappa shape index (κ2) is 7.97. The van der Waals surface area contributed by atoms with Gasteiger partial charge >= 0.3 is 5.97 Å². The summed E-state index contributed by atoms with van der Waals surface area (Å²) in [5.41, 5.74) is 1.54. The van der Waals surface area contributed by atoms with E-state index < -0.39 is 11.6 Å². The lowest BCUT2D eigenvalue weighted by molar-refractivity contribution is -0.157. The highest BCUT2D eigenvalue weighted by atomic mass is 16.6. The Hall–Kier alpha value is -2.33. The van der Waals surface area contributed by atoms with Crippen molar-refractivity contribution >= 4 is 5.97 Å². The van der Waals surface area contributed by atoms with Crippen LogP contribution in [-0.4, -0.2) is 22.7 Å². The summed E-state index contributed by atoms with van der Waals surface area (Å²) >= 11 is 0. The van der Waals surface area contributed by atoms with Crippen LogP contribution in [0.4, 0.5) is 0 Å². The number of hydrogen-bond acceptors (Lipinski definition) is 4. The summed E-state index contributed by atoms with van der Waals surface area (Å²) in [7, 11) is 0. The predicted molar refractivity (Wildman–Crippen MR) is 94.7 cm³/mol. The van der Waals surface area contributed by atoms with Crippen molar-refractivity contribution in [2.24, 2.45) is 0 Å². The van der Waals surface area contributed by atoms with E-state index in [2.05, 4.69) is 5.32 Å². The molecule has 0 heterocycles. The number of esters is 1. The highest BCUT2D eigenvalue weighted by Gasteiger charge is 2.25. The van der Waals surface area contributed by atoms with E-state index in [9.17, 15) is 9.90 Å². The second-order valence-corrected chi connectivity index (χ2v) is 6.82. The number of rotatable bonds is 6. The molecule has 0 aliphatic rings. The number of carbonyl (C=O) groups is 1. The van der Waals surface area contributed by atoms with Crippen LogP contribution in [0.25, 0.3) is 0 Å². The molecule has 1 atom stereocenters. The Kier molecular flexibility index (Phi) is 5.99. The Labute approximate surface area is 143 Å². The molecule has 2 aromatic carbocycles. The molecule has 0 spiro atoms. The molecule has 128 valence electrons. The van der Waals surface area contributed by atoms with E-state index in [0.717, 1.165) is 11.1 Å². The van der Waals surface area contributed by atoms with Crippen LogP contribution in [0.2, 0.25) is 0 Å². The number of nitrogens with one attached hydrogen (secondary N) is 1. The number of ether oxygens (including phenoxy) is 1. The van der Waals surface area contributed by atoms with Crippen LogP contribution in [0.1, 0.15) is 31.9 Å². The maximum absolute atomic E-state index is 12.5. The summed E-state index contributed by atoms with van der Waals surface area (Å²) in [5, 5.41) is 12.7. The van der Waals surface area contributed by atoms with Crippen LogP contribution in [0.15, 0.2) is 54.6 Å². The highest BCUT2D eigenvalue weighted by molar-refractivity contribution is 5.76. The SMILES string of the molecule is CC(C)(C)OC(=O)C(Cc1ccc(O)cc1)NCc1ccccc1. The Morgan fingerprint density at radius 3 is 2.25 bits per heavy atom. The van der Waals surface area contributed by atoms with E-state index in [4.69, 9.17) is 4.74 Å². The standard InChI is InChI=1S/C20H25NO3/c1-20(2,3)24-19(23)18(13-15-9-11-17(22)12-10-15)21-14-16-7-5-4-6-8-16/h4-12,18,21-22H,13-14H2,1-3H3. The minimum absolute atomic E-state index is 0.213. The third-order valence-electron chi connectivity index (χ3n) is 3.46. The molecule has 0 amide bonds. The van der Waals surface area contributed by atoms with Crippen LogP contribution >= 0.6 is 0 Å². The van der Waals surface area contributed by atoms with Crippen molar-refractivity contribution in [1.82, 2.24) is 5.32 Å². The highest BCUT2D eigenvalue weighted by Crippen LogP contribution is 2.14. The van der Waals surface area contributed by atoms with Crippen molar-refractivity contribution in [2.45, 2.75) is 45.4 Å². The molecule has 24 heavy (non-hydrogen) atoms. The topological polar surface area (TPSA) is 58.6 Å². The molecule has 2 rings (SSSR count). The van der Waals surface area contributed by atoms with Gasteiger partial charge in [-0.1, -0.05) is 42.5 Å². The predicted octanol–water partition coefficient (Wildman–Crippen LogP) is 3.43. The molecule has 0 bridgehead atoms. The third-order valence-corrected chi connectivity index (χ3v) is 3.46. The maximum Gasteiger partial charge on any atom is 0.324 e. The van der Waals surface area contributed by atoms with Crippen molar-refractivity contribution in [1.29, 1.82) is 0 Å². The fourth-order valence-corrected chi connectivity index (χ4v) is 2.32. The monoisotopic (exact) mass is 327 g/mol. The van der Waals surface area contributed by atoms with E-state index in [-0.39, 0.29) is 11.7 Å². The molecule has 0 aromatic heterocycles. The summed E-state index contributed by atoms with van der Waals surface area (Å²) in [6, 6.07) is 16.4. The van der Waals surface area contributed by atoms with Gasteiger partial charge in [-0.3, -0.25) is 4.79 Å². The normalized spacial score (nSPS) is 12.6. The van der Waals surface area contributed by atoms with Gasteiger partial charge in [-0.05, 0) is 50.5 Å². The zero-order valence-electron chi connectivity index (χ0n) is 14.5. The van der Waals surface area contributed by atoms with Crippen LogP contribution in [0.3, 0.4) is 0 Å². The molecule has 4 nitrogen and oxygen atoms in total. The second-order valence-electron chi connectivity index (χ2n) is 6.82. The van der Waals surface area contributed by atoms with E-state index in [1.165, 1.54) is 0 Å². The smallest absolute Gasteiger partial charge is 0.324 e. The lowest BCUT2D eigenvalue weighted by Gasteiger charge is -2.25. The van der Waals surface area contributed by atoms with Gasteiger partial charge in [0, 0.05) is 6.54 Å². The molecule has 2 aromatic rings. The Morgan fingerprint density at radius 2 is 1.67 bits per heavy atom. The Balaban J connectivity index is 2.08. The van der Waals surface area contributed by atoms with Gasteiger partial charge in [0.1, 0.15) is 17.4 Å². The minimum Gasteiger partial charge on any atom is -0.508 e. The van der Waals surface area contributed by atoms with E-state index in [0.29, 0.717) is 13.0 Å². The van der Waals surface area contributed by atoms with E-state index in [1.54, 1.807) is 12.1 Å². The van der Waals surface area contributed by atoms with Crippen molar-refractivity contribution in [2.75, 3.05) is 0 Å². The first-order chi connectivity index (χ1) is 11.3. The summed E-state index contributed by atoms with van der Waals surface area (Å²) in [5.74, 6) is -0.0590. The fourth-order valence-electron chi connectivity index (χ4n) is 2.32. The Bertz CT molecular complexity index is 645. The zero-order chi connectivity index (χ0) is 17.6. The van der Waals surface area contributed by atoms with Gasteiger partial charge in [-0.25, -0.2) is 0 Å². The molecule has 0 saturated heterocycles. The molecule has 1 unspecified atom stereocenters. The molecule has 0 fully saturated rings. The molecule has 0 saturated carbocycles. The molecular formula is C20H25NO3. The first-order valence-electron chi connectivity index (χ1n) is 8.11. The largest absolute Gasteiger partial charge is 0.508 e. The number of aromatic hydroxyl groups is 1. The van der Waals surface area contributed by atoms with Crippen molar-refractivity contribution in [3.63, 3.8) is 0 Å².